The van der Waals surface area contributed by atoms with Crippen molar-refractivity contribution in [3.8, 4) is 0 Å². The standard InChI is InChI=1S/C17H15F2N3OS/c1-22(13-2-3-16-15(8-13)21-9-24-16)17(23)14(20)6-10-4-11(18)7-12(19)5-10/h2-5,7-9,14H,6,20H2,1H3/t14-/m0/s1/i9D. The third-order valence-electron chi connectivity index (χ3n) is 3.68. The van der Waals surface area contributed by atoms with Gasteiger partial charge in [-0.3, -0.25) is 4.79 Å². The highest BCUT2D eigenvalue weighted by atomic mass is 32.1. The van der Waals surface area contributed by atoms with Gasteiger partial charge in [-0.2, -0.15) is 0 Å². The quantitative estimate of drug-likeness (QED) is 0.788. The fourth-order valence-corrected chi connectivity index (χ4v) is 3.04. The highest BCUT2D eigenvalue weighted by Gasteiger charge is 2.20. The van der Waals surface area contributed by atoms with Gasteiger partial charge >= 0.3 is 0 Å². The van der Waals surface area contributed by atoms with Crippen LogP contribution in [0.3, 0.4) is 0 Å². The molecule has 7 heteroatoms. The monoisotopic (exact) mass is 348 g/mol. The Morgan fingerprint density at radius 3 is 2.75 bits per heavy atom. The molecule has 0 saturated carbocycles. The van der Waals surface area contributed by atoms with E-state index in [-0.39, 0.29) is 17.8 Å². The zero-order valence-corrected chi connectivity index (χ0v) is 13.6. The number of likely N-dealkylation sites (N-methyl/N-ethyl adjacent to an activating group) is 1. The summed E-state index contributed by atoms with van der Waals surface area (Å²) >= 11 is 1.25. The summed E-state index contributed by atoms with van der Waals surface area (Å²) in [5.41, 5.74) is 7.66. The van der Waals surface area contributed by atoms with Crippen molar-refractivity contribution in [3.05, 3.63) is 59.1 Å². The van der Waals surface area contributed by atoms with Crippen LogP contribution in [-0.4, -0.2) is 24.0 Å². The molecule has 0 aliphatic carbocycles. The van der Waals surface area contributed by atoms with Gasteiger partial charge in [0.2, 0.25) is 5.91 Å². The predicted molar refractivity (Wildman–Crippen MR) is 91.1 cm³/mol. The Morgan fingerprint density at radius 2 is 2.04 bits per heavy atom. The first-order valence-corrected chi connectivity index (χ1v) is 8.00. The third kappa shape index (κ3) is 3.42. The van der Waals surface area contributed by atoms with Gasteiger partial charge < -0.3 is 10.6 Å². The summed E-state index contributed by atoms with van der Waals surface area (Å²) in [5, 5.41) is 0. The van der Waals surface area contributed by atoms with E-state index in [1.54, 1.807) is 25.2 Å². The lowest BCUT2D eigenvalue weighted by Crippen LogP contribution is -2.43. The van der Waals surface area contributed by atoms with Gasteiger partial charge in [0.25, 0.3) is 0 Å². The van der Waals surface area contributed by atoms with Gasteiger partial charge in [-0.15, -0.1) is 11.3 Å². The smallest absolute Gasteiger partial charge is 0.243 e. The lowest BCUT2D eigenvalue weighted by molar-refractivity contribution is -0.119. The van der Waals surface area contributed by atoms with Gasteiger partial charge in [0, 0.05) is 18.8 Å². The van der Waals surface area contributed by atoms with E-state index in [1.165, 1.54) is 16.2 Å². The molecule has 1 atom stereocenters. The fraction of sp³-hybridized carbons (Fsp3) is 0.176. The third-order valence-corrected chi connectivity index (χ3v) is 4.42. The molecule has 0 aliphatic heterocycles. The van der Waals surface area contributed by atoms with Gasteiger partial charge in [0.15, 0.2) is 0 Å². The first kappa shape index (κ1) is 15.2. The molecular formula is C17H15F2N3OS. The van der Waals surface area contributed by atoms with Gasteiger partial charge in [-0.25, -0.2) is 13.8 Å². The van der Waals surface area contributed by atoms with Gasteiger partial charge in [-0.1, -0.05) is 0 Å². The molecule has 0 radical (unpaired) electrons. The van der Waals surface area contributed by atoms with Crippen molar-refractivity contribution in [2.45, 2.75) is 12.5 Å². The van der Waals surface area contributed by atoms with E-state index in [9.17, 15) is 13.6 Å². The van der Waals surface area contributed by atoms with Crippen molar-refractivity contribution in [2.75, 3.05) is 11.9 Å². The number of aromatic nitrogens is 1. The number of carbonyl (C=O) groups excluding carboxylic acids is 1. The Kier molecular flexibility index (Phi) is 4.18. The van der Waals surface area contributed by atoms with E-state index in [0.29, 0.717) is 16.8 Å². The molecule has 0 saturated heterocycles. The second-order valence-electron chi connectivity index (χ2n) is 5.44. The number of benzene rings is 2. The van der Waals surface area contributed by atoms with Crippen molar-refractivity contribution in [1.29, 1.82) is 0 Å². The highest BCUT2D eigenvalue weighted by molar-refractivity contribution is 7.16. The van der Waals surface area contributed by atoms with E-state index < -0.39 is 17.7 Å². The van der Waals surface area contributed by atoms with Crippen molar-refractivity contribution in [3.63, 3.8) is 0 Å². The molecule has 0 fully saturated rings. The molecule has 2 N–H and O–H groups in total. The van der Waals surface area contributed by atoms with E-state index >= 15 is 0 Å². The van der Waals surface area contributed by atoms with Crippen molar-refractivity contribution >= 4 is 33.1 Å². The van der Waals surface area contributed by atoms with E-state index in [1.807, 2.05) is 0 Å². The lowest BCUT2D eigenvalue weighted by atomic mass is 10.0. The van der Waals surface area contributed by atoms with Crippen LogP contribution in [0.4, 0.5) is 14.5 Å². The number of nitrogens with two attached hydrogens (primary N) is 1. The number of hydrogen-bond acceptors (Lipinski definition) is 4. The molecule has 124 valence electrons. The molecule has 1 amide bonds. The topological polar surface area (TPSA) is 59.2 Å². The van der Waals surface area contributed by atoms with Gasteiger partial charge in [0.05, 0.1) is 23.1 Å². The number of amides is 1. The summed E-state index contributed by atoms with van der Waals surface area (Å²) in [6, 6.07) is 7.39. The number of halogens is 2. The molecule has 0 bridgehead atoms. The summed E-state index contributed by atoms with van der Waals surface area (Å²) in [6.45, 7) is 0. The summed E-state index contributed by atoms with van der Waals surface area (Å²) in [7, 11) is 1.57. The number of nitrogens with zero attached hydrogens (tertiary/aromatic N) is 2. The summed E-state index contributed by atoms with van der Waals surface area (Å²) in [5.74, 6) is -1.79. The molecule has 0 aliphatic rings. The summed E-state index contributed by atoms with van der Waals surface area (Å²) < 4.78 is 34.9. The van der Waals surface area contributed by atoms with Gasteiger partial charge in [0.1, 0.15) is 11.6 Å². The first-order chi connectivity index (χ1) is 11.8. The van der Waals surface area contributed by atoms with Crippen LogP contribution < -0.4 is 10.6 Å². The van der Waals surface area contributed by atoms with Crippen LogP contribution in [0.5, 0.6) is 0 Å². The Balaban J connectivity index is 1.77. The van der Waals surface area contributed by atoms with Crippen LogP contribution in [-0.2, 0) is 11.2 Å². The maximum absolute atomic E-state index is 13.3. The van der Waals surface area contributed by atoms with E-state index in [4.69, 9.17) is 7.10 Å². The molecular weight excluding hydrogens is 332 g/mol. The Morgan fingerprint density at radius 1 is 1.33 bits per heavy atom. The number of carbonyl (C=O) groups is 1. The van der Waals surface area contributed by atoms with E-state index in [0.717, 1.165) is 22.9 Å². The molecule has 24 heavy (non-hydrogen) atoms. The Hall–Kier alpha value is -2.38. The second-order valence-corrected chi connectivity index (χ2v) is 6.27. The van der Waals surface area contributed by atoms with Crippen LogP contribution in [0.1, 0.15) is 6.93 Å². The molecule has 0 unspecified atom stereocenters. The maximum atomic E-state index is 13.3. The second kappa shape index (κ2) is 6.62. The Labute approximate surface area is 142 Å². The largest absolute Gasteiger partial charge is 0.320 e. The molecule has 0 spiro atoms. The van der Waals surface area contributed by atoms with Crippen molar-refractivity contribution in [2.24, 2.45) is 5.73 Å². The van der Waals surface area contributed by atoms with Crippen LogP contribution in [0, 0.1) is 11.6 Å². The zero-order chi connectivity index (χ0) is 18.1. The molecule has 1 aromatic heterocycles. The number of fused-ring (bicyclic) bond motifs is 1. The SMILES string of the molecule is [2H]c1nc2cc(N(C)C(=O)[C@@H](N)Cc3cc(F)cc(F)c3)ccc2s1. The fourth-order valence-electron chi connectivity index (χ4n) is 2.46. The van der Waals surface area contributed by atoms with Crippen LogP contribution in [0.25, 0.3) is 10.2 Å². The summed E-state index contributed by atoms with van der Waals surface area (Å²) in [4.78, 5) is 18.0. The number of hydrogen-bond donors (Lipinski definition) is 1. The molecule has 3 rings (SSSR count). The average molecular weight is 348 g/mol. The summed E-state index contributed by atoms with van der Waals surface area (Å²) in [6.07, 6.45) is 0.0215. The minimum atomic E-state index is -0.941. The number of anilines is 1. The van der Waals surface area contributed by atoms with Crippen molar-refractivity contribution < 1.29 is 14.9 Å². The minimum absolute atomic E-state index is 0.0215. The number of thiazole rings is 1. The molecule has 3 aromatic rings. The predicted octanol–water partition coefficient (Wildman–Crippen LogP) is 3.11. The zero-order valence-electron chi connectivity index (χ0n) is 13.8. The van der Waals surface area contributed by atoms with Crippen LogP contribution in [0.2, 0.25) is 0 Å². The molecule has 1 heterocycles. The lowest BCUT2D eigenvalue weighted by Gasteiger charge is -2.21. The normalized spacial score (nSPS) is 12.9. The number of rotatable bonds is 4. The van der Waals surface area contributed by atoms with Gasteiger partial charge in [-0.05, 0) is 42.3 Å². The van der Waals surface area contributed by atoms with Crippen LogP contribution >= 0.6 is 11.3 Å². The van der Waals surface area contributed by atoms with E-state index in [2.05, 4.69) is 4.98 Å². The molecule has 4 nitrogen and oxygen atoms in total. The Bertz CT molecular complexity index is 927. The van der Waals surface area contributed by atoms with Crippen molar-refractivity contribution in [1.82, 2.24) is 4.98 Å². The highest BCUT2D eigenvalue weighted by Crippen LogP contribution is 2.24. The average Bonchev–Trinajstić information content (AvgIpc) is 2.91. The maximum Gasteiger partial charge on any atom is 0.243 e. The van der Waals surface area contributed by atoms with Crippen LogP contribution in [0.15, 0.2) is 41.9 Å². The molecule has 2 aromatic carbocycles. The first-order valence-electron chi connectivity index (χ1n) is 7.69. The minimum Gasteiger partial charge on any atom is -0.320 e.